The van der Waals surface area contributed by atoms with Crippen LogP contribution in [0.5, 0.6) is 0 Å². The lowest BCUT2D eigenvalue weighted by Gasteiger charge is -2.17. The Bertz CT molecular complexity index is 169. The van der Waals surface area contributed by atoms with Crippen LogP contribution in [-0.4, -0.2) is 17.3 Å². The first kappa shape index (κ1) is 10.0. The molecule has 1 aliphatic carbocycles. The second kappa shape index (κ2) is 2.71. The molecule has 0 aliphatic heterocycles. The van der Waals surface area contributed by atoms with E-state index in [1.54, 1.807) is 0 Å². The maximum atomic E-state index is 9.65. The van der Waals surface area contributed by atoms with Gasteiger partial charge < -0.3 is 10.8 Å². The Hall–Kier alpha value is -0.0800. The topological polar surface area (TPSA) is 47.9 Å². The van der Waals surface area contributed by atoms with Crippen LogP contribution in [0.25, 0.3) is 0 Å². The summed E-state index contributed by atoms with van der Waals surface area (Å²) in [6, 6.07) is 0. The van der Waals surface area contributed by atoms with Gasteiger partial charge in [-0.15, -0.1) is 0 Å². The summed E-state index contributed by atoms with van der Waals surface area (Å²) in [5, 5.41) is 9.65. The van der Waals surface area contributed by atoms with E-state index in [4.69, 9.17) is 0 Å². The quantitative estimate of drug-likeness (QED) is 0.645. The molecular weight excluding hydrogens is 150 g/mol. The molecule has 0 saturated heterocycles. The highest BCUT2D eigenvalue weighted by atomic mass is 16.3. The molecule has 0 aromatic heterocycles. The van der Waals surface area contributed by atoms with E-state index in [-0.39, 0.29) is 0 Å². The van der Waals surface area contributed by atoms with Crippen molar-refractivity contribution >= 4 is 0 Å². The van der Waals surface area contributed by atoms with Gasteiger partial charge in [0.2, 0.25) is 0 Å². The Labute approximate surface area is 75.2 Å². The standard InChI is InChI=1S/C10H21NO/c1-9(2,12)5-7-8(6-11)10(7,3)4/h7-8,12H,5-6,11H2,1-4H3/p+1/t7-,8+/m1/s1. The molecule has 2 atom stereocenters. The van der Waals surface area contributed by atoms with E-state index >= 15 is 0 Å². The second-order valence-corrected chi connectivity index (χ2v) is 5.34. The van der Waals surface area contributed by atoms with Crippen molar-refractivity contribution in [3.63, 3.8) is 0 Å². The van der Waals surface area contributed by atoms with Gasteiger partial charge in [-0.2, -0.15) is 0 Å². The van der Waals surface area contributed by atoms with Gasteiger partial charge in [0.1, 0.15) is 0 Å². The van der Waals surface area contributed by atoms with Crippen LogP contribution < -0.4 is 5.73 Å². The lowest BCUT2D eigenvalue weighted by atomic mass is 9.97. The Kier molecular flexibility index (Phi) is 2.26. The van der Waals surface area contributed by atoms with Gasteiger partial charge in [0.25, 0.3) is 0 Å². The lowest BCUT2D eigenvalue weighted by Crippen LogP contribution is -2.52. The zero-order valence-electron chi connectivity index (χ0n) is 8.72. The molecule has 1 aliphatic rings. The Balaban J connectivity index is 2.48. The number of aliphatic hydroxyl groups is 1. The summed E-state index contributed by atoms with van der Waals surface area (Å²) in [4.78, 5) is 0. The minimum Gasteiger partial charge on any atom is -0.390 e. The molecule has 2 heteroatoms. The largest absolute Gasteiger partial charge is 0.390 e. The van der Waals surface area contributed by atoms with Gasteiger partial charge in [0, 0.05) is 5.92 Å². The molecule has 0 aromatic rings. The summed E-state index contributed by atoms with van der Waals surface area (Å²) < 4.78 is 0. The zero-order valence-corrected chi connectivity index (χ0v) is 8.72. The Morgan fingerprint density at radius 2 is 1.83 bits per heavy atom. The molecule has 0 spiro atoms. The Morgan fingerprint density at radius 3 is 2.08 bits per heavy atom. The average Bonchev–Trinajstić information content (AvgIpc) is 2.30. The first-order valence-corrected chi connectivity index (χ1v) is 4.80. The van der Waals surface area contributed by atoms with Gasteiger partial charge in [0.15, 0.2) is 0 Å². The number of quaternary nitrogens is 1. The van der Waals surface area contributed by atoms with E-state index in [2.05, 4.69) is 19.6 Å². The first-order valence-electron chi connectivity index (χ1n) is 4.80. The molecular formula is C10H22NO+. The molecule has 2 nitrogen and oxygen atoms in total. The zero-order chi connectivity index (χ0) is 9.57. The third-order valence-corrected chi connectivity index (χ3v) is 3.32. The van der Waals surface area contributed by atoms with E-state index in [1.807, 2.05) is 13.8 Å². The first-order chi connectivity index (χ1) is 5.29. The maximum absolute atomic E-state index is 9.65. The van der Waals surface area contributed by atoms with Crippen LogP contribution in [0.15, 0.2) is 0 Å². The molecule has 72 valence electrons. The fraction of sp³-hybridized carbons (Fsp3) is 1.00. The highest BCUT2D eigenvalue weighted by Crippen LogP contribution is 2.60. The van der Waals surface area contributed by atoms with Crippen LogP contribution in [0.4, 0.5) is 0 Å². The Morgan fingerprint density at radius 1 is 1.33 bits per heavy atom. The SMILES string of the molecule is CC(C)(O)C[C@@H]1[C@H](C[NH3+])C1(C)C. The maximum Gasteiger partial charge on any atom is 0.0776 e. The van der Waals surface area contributed by atoms with Gasteiger partial charge in [0.05, 0.1) is 12.1 Å². The summed E-state index contributed by atoms with van der Waals surface area (Å²) in [6.07, 6.45) is 0.917. The third-order valence-electron chi connectivity index (χ3n) is 3.32. The molecule has 4 N–H and O–H groups in total. The van der Waals surface area contributed by atoms with Crippen molar-refractivity contribution in [2.75, 3.05) is 6.54 Å². The van der Waals surface area contributed by atoms with Gasteiger partial charge >= 0.3 is 0 Å². The molecule has 0 bridgehead atoms. The van der Waals surface area contributed by atoms with Crippen LogP contribution in [0.3, 0.4) is 0 Å². The van der Waals surface area contributed by atoms with E-state index < -0.39 is 5.60 Å². The highest BCUT2D eigenvalue weighted by molar-refractivity contribution is 5.05. The molecule has 0 aromatic carbocycles. The van der Waals surface area contributed by atoms with Gasteiger partial charge in [-0.1, -0.05) is 13.8 Å². The number of hydrogen-bond acceptors (Lipinski definition) is 1. The summed E-state index contributed by atoms with van der Waals surface area (Å²) >= 11 is 0. The minimum atomic E-state index is -0.508. The van der Waals surface area contributed by atoms with E-state index in [0.717, 1.165) is 18.9 Å². The van der Waals surface area contributed by atoms with Gasteiger partial charge in [-0.25, -0.2) is 0 Å². The molecule has 1 fully saturated rings. The molecule has 0 heterocycles. The van der Waals surface area contributed by atoms with Crippen LogP contribution in [0.1, 0.15) is 34.1 Å². The number of hydrogen-bond donors (Lipinski definition) is 2. The van der Waals surface area contributed by atoms with Gasteiger partial charge in [-0.3, -0.25) is 0 Å². The second-order valence-electron chi connectivity index (χ2n) is 5.34. The van der Waals surface area contributed by atoms with Gasteiger partial charge in [-0.05, 0) is 31.6 Å². The minimum absolute atomic E-state index is 0.418. The fourth-order valence-corrected chi connectivity index (χ4v) is 2.37. The summed E-state index contributed by atoms with van der Waals surface area (Å²) in [5.41, 5.74) is 3.85. The summed E-state index contributed by atoms with van der Waals surface area (Å²) in [6.45, 7) is 9.34. The van der Waals surface area contributed by atoms with Crippen molar-refractivity contribution in [3.8, 4) is 0 Å². The molecule has 1 saturated carbocycles. The van der Waals surface area contributed by atoms with Crippen molar-refractivity contribution in [1.29, 1.82) is 0 Å². The molecule has 0 amide bonds. The van der Waals surface area contributed by atoms with Crippen LogP contribution in [0, 0.1) is 17.3 Å². The molecule has 12 heavy (non-hydrogen) atoms. The average molecular weight is 172 g/mol. The monoisotopic (exact) mass is 172 g/mol. The predicted molar refractivity (Wildman–Crippen MR) is 49.4 cm³/mol. The number of rotatable bonds is 3. The van der Waals surface area contributed by atoms with Crippen molar-refractivity contribution in [2.24, 2.45) is 17.3 Å². The molecule has 1 rings (SSSR count). The van der Waals surface area contributed by atoms with Crippen molar-refractivity contribution < 1.29 is 10.8 Å². The third kappa shape index (κ3) is 1.80. The lowest BCUT2D eigenvalue weighted by molar-refractivity contribution is -0.374. The predicted octanol–water partition coefficient (Wildman–Crippen LogP) is 0.661. The summed E-state index contributed by atoms with van der Waals surface area (Å²) in [7, 11) is 0. The fourth-order valence-electron chi connectivity index (χ4n) is 2.37. The van der Waals surface area contributed by atoms with Crippen molar-refractivity contribution in [1.82, 2.24) is 0 Å². The summed E-state index contributed by atoms with van der Waals surface area (Å²) in [5.74, 6) is 1.40. The van der Waals surface area contributed by atoms with E-state index in [9.17, 15) is 5.11 Å². The van der Waals surface area contributed by atoms with E-state index in [0.29, 0.717) is 11.3 Å². The molecule has 0 unspecified atom stereocenters. The highest BCUT2D eigenvalue weighted by Gasteiger charge is 2.58. The van der Waals surface area contributed by atoms with E-state index in [1.165, 1.54) is 0 Å². The van der Waals surface area contributed by atoms with Crippen LogP contribution >= 0.6 is 0 Å². The smallest absolute Gasteiger partial charge is 0.0776 e. The van der Waals surface area contributed by atoms with Crippen LogP contribution in [-0.2, 0) is 0 Å². The van der Waals surface area contributed by atoms with Crippen LogP contribution in [0.2, 0.25) is 0 Å². The van der Waals surface area contributed by atoms with Crippen molar-refractivity contribution in [3.05, 3.63) is 0 Å². The normalized spacial score (nSPS) is 33.5. The van der Waals surface area contributed by atoms with Crippen molar-refractivity contribution in [2.45, 2.75) is 39.7 Å². The molecule has 0 radical (unpaired) electrons.